The van der Waals surface area contributed by atoms with Crippen molar-refractivity contribution in [3.05, 3.63) is 28.3 Å². The first-order valence-corrected chi connectivity index (χ1v) is 7.94. The van der Waals surface area contributed by atoms with E-state index in [-0.39, 0.29) is 16.3 Å². The van der Waals surface area contributed by atoms with Crippen LogP contribution in [0.1, 0.15) is 6.42 Å². The van der Waals surface area contributed by atoms with Crippen LogP contribution in [0.15, 0.2) is 23.1 Å². The van der Waals surface area contributed by atoms with Crippen LogP contribution in [0.25, 0.3) is 0 Å². The van der Waals surface area contributed by atoms with Gasteiger partial charge >= 0.3 is 0 Å². The molecule has 0 spiro atoms. The van der Waals surface area contributed by atoms with E-state index in [0.29, 0.717) is 26.1 Å². The number of nitro benzene ring substituents is 1. The van der Waals surface area contributed by atoms with E-state index in [4.69, 9.17) is 4.74 Å². The number of nitro groups is 1. The van der Waals surface area contributed by atoms with Crippen molar-refractivity contribution in [3.63, 3.8) is 0 Å². The normalized spacial score (nSPS) is 17.2. The summed E-state index contributed by atoms with van der Waals surface area (Å²) in [5.41, 5.74) is -0.276. The molecule has 0 radical (unpaired) electrons. The first-order valence-electron chi connectivity index (χ1n) is 6.50. The van der Waals surface area contributed by atoms with E-state index in [1.807, 2.05) is 0 Å². The molecule has 0 aliphatic carbocycles. The van der Waals surface area contributed by atoms with E-state index in [9.17, 15) is 18.5 Å². The van der Waals surface area contributed by atoms with Gasteiger partial charge in [0.05, 0.1) is 12.0 Å². The van der Waals surface area contributed by atoms with Crippen molar-refractivity contribution in [2.24, 2.45) is 0 Å². The summed E-state index contributed by atoms with van der Waals surface area (Å²) >= 11 is 0. The van der Waals surface area contributed by atoms with E-state index >= 15 is 0 Å². The first kappa shape index (κ1) is 15.7. The van der Waals surface area contributed by atoms with Crippen LogP contribution in [-0.4, -0.2) is 50.9 Å². The molecule has 8 nitrogen and oxygen atoms in total. The highest BCUT2D eigenvalue weighted by atomic mass is 32.2. The molecule has 1 heterocycles. The highest BCUT2D eigenvalue weighted by Crippen LogP contribution is 2.30. The number of sulfonamides is 1. The molecule has 0 unspecified atom stereocenters. The van der Waals surface area contributed by atoms with Crippen molar-refractivity contribution in [1.82, 2.24) is 9.62 Å². The lowest BCUT2D eigenvalue weighted by Gasteiger charge is -2.20. The minimum absolute atomic E-state index is 0.109. The van der Waals surface area contributed by atoms with E-state index in [2.05, 4.69) is 5.32 Å². The van der Waals surface area contributed by atoms with Gasteiger partial charge in [0.2, 0.25) is 10.0 Å². The van der Waals surface area contributed by atoms with E-state index in [1.165, 1.54) is 23.5 Å². The minimum atomic E-state index is -3.82. The molecule has 1 saturated heterocycles. The van der Waals surface area contributed by atoms with Gasteiger partial charge in [-0.3, -0.25) is 10.1 Å². The summed E-state index contributed by atoms with van der Waals surface area (Å²) in [7, 11) is -2.48. The van der Waals surface area contributed by atoms with Gasteiger partial charge in [0.1, 0.15) is 10.6 Å². The topological polar surface area (TPSA) is 102 Å². The van der Waals surface area contributed by atoms with Crippen molar-refractivity contribution in [2.75, 3.05) is 33.3 Å². The number of non-ortho nitro benzene ring substituents is 1. The number of nitrogens with zero attached hydrogens (tertiary/aromatic N) is 2. The van der Waals surface area contributed by atoms with Gasteiger partial charge in [-0.1, -0.05) is 0 Å². The standard InChI is InChI=1S/C12H17N3O5S/c1-20-11-4-3-10(15(16)17)9-12(11)21(18,19)14-7-2-5-13-6-8-14/h3-4,9,13H,2,5-8H2,1H3. The molecule has 1 aromatic rings. The van der Waals surface area contributed by atoms with E-state index in [0.717, 1.165) is 12.6 Å². The van der Waals surface area contributed by atoms with Crippen LogP contribution in [-0.2, 0) is 10.0 Å². The Hall–Kier alpha value is -1.71. The van der Waals surface area contributed by atoms with Crippen LogP contribution in [0.3, 0.4) is 0 Å². The summed E-state index contributed by atoms with van der Waals surface area (Å²) in [6, 6.07) is 3.58. The Morgan fingerprint density at radius 2 is 2.10 bits per heavy atom. The SMILES string of the molecule is COc1ccc([N+](=O)[O-])cc1S(=O)(=O)N1CCCNCC1. The summed E-state index contributed by atoms with van der Waals surface area (Å²) in [6.07, 6.45) is 0.691. The fourth-order valence-corrected chi connectivity index (χ4v) is 3.84. The third-order valence-electron chi connectivity index (χ3n) is 3.27. The average Bonchev–Trinajstić information content (AvgIpc) is 2.76. The van der Waals surface area contributed by atoms with Gasteiger partial charge in [-0.25, -0.2) is 8.42 Å². The molecule has 0 saturated carbocycles. The van der Waals surface area contributed by atoms with Gasteiger partial charge in [0, 0.05) is 31.8 Å². The fraction of sp³-hybridized carbons (Fsp3) is 0.500. The molecule has 1 aromatic carbocycles. The van der Waals surface area contributed by atoms with Crippen molar-refractivity contribution in [2.45, 2.75) is 11.3 Å². The number of hydrogen-bond donors (Lipinski definition) is 1. The monoisotopic (exact) mass is 315 g/mol. The summed E-state index contributed by atoms with van der Waals surface area (Å²) in [5.74, 6) is 0.109. The fourth-order valence-electron chi connectivity index (χ4n) is 2.18. The number of ether oxygens (including phenoxy) is 1. The van der Waals surface area contributed by atoms with Gasteiger partial charge in [0.15, 0.2) is 0 Å². The van der Waals surface area contributed by atoms with Gasteiger partial charge in [-0.15, -0.1) is 0 Å². The van der Waals surface area contributed by atoms with E-state index in [1.54, 1.807) is 0 Å². The highest BCUT2D eigenvalue weighted by Gasteiger charge is 2.29. The van der Waals surface area contributed by atoms with Crippen LogP contribution >= 0.6 is 0 Å². The third kappa shape index (κ3) is 3.31. The smallest absolute Gasteiger partial charge is 0.271 e. The summed E-state index contributed by atoms with van der Waals surface area (Å²) in [5, 5.41) is 14.0. The largest absolute Gasteiger partial charge is 0.495 e. The van der Waals surface area contributed by atoms with Crippen molar-refractivity contribution in [3.8, 4) is 5.75 Å². The highest BCUT2D eigenvalue weighted by molar-refractivity contribution is 7.89. The van der Waals surface area contributed by atoms with Gasteiger partial charge in [0.25, 0.3) is 5.69 Å². The summed E-state index contributed by atoms with van der Waals surface area (Å²) in [4.78, 5) is 10.1. The van der Waals surface area contributed by atoms with Gasteiger partial charge in [-0.2, -0.15) is 4.31 Å². The van der Waals surface area contributed by atoms with Crippen molar-refractivity contribution >= 4 is 15.7 Å². The molecule has 2 rings (SSSR count). The van der Waals surface area contributed by atoms with Crippen LogP contribution in [0.5, 0.6) is 5.75 Å². The minimum Gasteiger partial charge on any atom is -0.495 e. The second-order valence-corrected chi connectivity index (χ2v) is 6.51. The molecule has 116 valence electrons. The molecule has 1 N–H and O–H groups in total. The lowest BCUT2D eigenvalue weighted by Crippen LogP contribution is -2.34. The summed E-state index contributed by atoms with van der Waals surface area (Å²) < 4.78 is 31.8. The first-order chi connectivity index (χ1) is 9.96. The Kier molecular flexibility index (Phi) is 4.76. The lowest BCUT2D eigenvalue weighted by molar-refractivity contribution is -0.385. The van der Waals surface area contributed by atoms with Gasteiger partial charge in [-0.05, 0) is 19.0 Å². The molecule has 0 aromatic heterocycles. The predicted molar refractivity (Wildman–Crippen MR) is 75.9 cm³/mol. The van der Waals surface area contributed by atoms with Crippen LogP contribution < -0.4 is 10.1 Å². The second kappa shape index (κ2) is 6.37. The predicted octanol–water partition coefficient (Wildman–Crippen LogP) is 0.587. The van der Waals surface area contributed by atoms with Crippen molar-refractivity contribution < 1.29 is 18.1 Å². The maximum absolute atomic E-state index is 12.7. The number of benzene rings is 1. The van der Waals surface area contributed by atoms with Crippen molar-refractivity contribution in [1.29, 1.82) is 0 Å². The molecule has 0 amide bonds. The Morgan fingerprint density at radius 3 is 2.76 bits per heavy atom. The Balaban J connectivity index is 2.46. The molecule has 1 fully saturated rings. The molecular formula is C12H17N3O5S. The number of hydrogen-bond acceptors (Lipinski definition) is 6. The van der Waals surface area contributed by atoms with Crippen LogP contribution in [0.4, 0.5) is 5.69 Å². The second-order valence-electron chi connectivity index (χ2n) is 4.60. The van der Waals surface area contributed by atoms with Crippen LogP contribution in [0, 0.1) is 10.1 Å². The molecule has 9 heteroatoms. The Bertz CT molecular complexity index is 624. The number of methoxy groups -OCH3 is 1. The maximum atomic E-state index is 12.7. The molecular weight excluding hydrogens is 298 g/mol. The zero-order valence-electron chi connectivity index (χ0n) is 11.6. The van der Waals surface area contributed by atoms with E-state index < -0.39 is 14.9 Å². The van der Waals surface area contributed by atoms with Gasteiger partial charge < -0.3 is 10.1 Å². The molecule has 0 atom stereocenters. The third-order valence-corrected chi connectivity index (χ3v) is 5.19. The Morgan fingerprint density at radius 1 is 1.33 bits per heavy atom. The molecule has 0 bridgehead atoms. The summed E-state index contributed by atoms with van der Waals surface area (Å²) in [6.45, 7) is 2.00. The number of rotatable bonds is 4. The molecule has 1 aliphatic heterocycles. The maximum Gasteiger partial charge on any atom is 0.271 e. The molecule has 21 heavy (non-hydrogen) atoms. The Labute approximate surface area is 122 Å². The average molecular weight is 315 g/mol. The molecule has 1 aliphatic rings. The zero-order valence-corrected chi connectivity index (χ0v) is 12.4. The zero-order chi connectivity index (χ0) is 15.5. The number of nitrogens with one attached hydrogen (secondary N) is 1. The quantitative estimate of drug-likeness (QED) is 0.644. The lowest BCUT2D eigenvalue weighted by atomic mass is 10.3. The van der Waals surface area contributed by atoms with Crippen LogP contribution in [0.2, 0.25) is 0 Å².